The molecule has 0 spiro atoms. The zero-order chi connectivity index (χ0) is 11.0. The second kappa shape index (κ2) is 4.03. The third-order valence-corrected chi connectivity index (χ3v) is 4.12. The molecule has 0 bridgehead atoms. The van der Waals surface area contributed by atoms with Gasteiger partial charge in [0.1, 0.15) is 0 Å². The van der Waals surface area contributed by atoms with Gasteiger partial charge >= 0.3 is 0 Å². The Bertz CT molecular complexity index is 486. The summed E-state index contributed by atoms with van der Waals surface area (Å²) in [6, 6.07) is 2.60. The first-order valence-corrected chi connectivity index (χ1v) is 6.58. The minimum atomic E-state index is 0.351. The van der Waals surface area contributed by atoms with Crippen LogP contribution in [-0.4, -0.2) is 16.3 Å². The van der Waals surface area contributed by atoms with Crippen LogP contribution < -0.4 is 5.32 Å². The summed E-state index contributed by atoms with van der Waals surface area (Å²) >= 11 is 1.85. The zero-order valence-electron chi connectivity index (χ0n) is 9.31. The van der Waals surface area contributed by atoms with Crippen molar-refractivity contribution in [2.24, 2.45) is 0 Å². The number of rotatable bonds is 2. The quantitative estimate of drug-likeness (QED) is 0.862. The highest BCUT2D eigenvalue weighted by atomic mass is 32.1. The summed E-state index contributed by atoms with van der Waals surface area (Å²) in [5.74, 6) is 0. The molecule has 3 nitrogen and oxygen atoms in total. The van der Waals surface area contributed by atoms with Crippen molar-refractivity contribution in [1.82, 2.24) is 15.1 Å². The van der Waals surface area contributed by atoms with Gasteiger partial charge in [0.2, 0.25) is 0 Å². The highest BCUT2D eigenvalue weighted by Gasteiger charge is 2.23. The summed E-state index contributed by atoms with van der Waals surface area (Å²) in [4.78, 5) is 1.46. The molecule has 16 heavy (non-hydrogen) atoms. The molecule has 84 valence electrons. The second-order valence-electron chi connectivity index (χ2n) is 4.08. The van der Waals surface area contributed by atoms with Crippen LogP contribution in [-0.2, 0) is 13.0 Å². The number of fused-ring (bicyclic) bond motifs is 1. The molecular formula is C12H15N3S. The first-order chi connectivity index (χ1) is 7.88. The Morgan fingerprint density at radius 2 is 2.56 bits per heavy atom. The van der Waals surface area contributed by atoms with Crippen LogP contribution in [0.1, 0.15) is 29.0 Å². The van der Waals surface area contributed by atoms with Gasteiger partial charge in [-0.1, -0.05) is 0 Å². The molecule has 2 aromatic heterocycles. The van der Waals surface area contributed by atoms with Gasteiger partial charge in [-0.05, 0) is 30.4 Å². The van der Waals surface area contributed by atoms with Gasteiger partial charge in [0.05, 0.1) is 12.2 Å². The number of hydrogen-bond acceptors (Lipinski definition) is 3. The average Bonchev–Trinajstić information content (AvgIpc) is 2.97. The van der Waals surface area contributed by atoms with E-state index in [2.05, 4.69) is 35.0 Å². The van der Waals surface area contributed by atoms with Gasteiger partial charge in [-0.3, -0.25) is 4.68 Å². The Morgan fingerprint density at radius 3 is 3.38 bits per heavy atom. The average molecular weight is 233 g/mol. The Morgan fingerprint density at radius 1 is 1.62 bits per heavy atom. The lowest BCUT2D eigenvalue weighted by Gasteiger charge is -2.22. The normalized spacial score (nSPS) is 19.7. The van der Waals surface area contributed by atoms with E-state index >= 15 is 0 Å². The van der Waals surface area contributed by atoms with Crippen LogP contribution in [0.2, 0.25) is 0 Å². The fourth-order valence-corrected chi connectivity index (χ4v) is 3.28. The molecule has 0 aliphatic carbocycles. The lowest BCUT2D eigenvalue weighted by Crippen LogP contribution is -2.28. The van der Waals surface area contributed by atoms with Crippen LogP contribution in [0.15, 0.2) is 23.8 Å². The number of aromatic nitrogens is 2. The number of nitrogens with one attached hydrogen (secondary N) is 1. The molecule has 2 aromatic rings. The Hall–Kier alpha value is -1.13. The minimum Gasteiger partial charge on any atom is -0.305 e. The summed E-state index contributed by atoms with van der Waals surface area (Å²) in [5, 5.41) is 10.1. The lowest BCUT2D eigenvalue weighted by molar-refractivity contribution is 0.577. The van der Waals surface area contributed by atoms with Crippen LogP contribution in [0.3, 0.4) is 0 Å². The van der Waals surface area contributed by atoms with E-state index in [-0.39, 0.29) is 0 Å². The van der Waals surface area contributed by atoms with Crippen LogP contribution in [0.5, 0.6) is 0 Å². The van der Waals surface area contributed by atoms with Gasteiger partial charge in [0.25, 0.3) is 0 Å². The van der Waals surface area contributed by atoms with Crippen molar-refractivity contribution in [2.45, 2.75) is 25.9 Å². The van der Waals surface area contributed by atoms with E-state index in [1.54, 1.807) is 0 Å². The molecule has 0 saturated heterocycles. The SMILES string of the molecule is CCn1cc(C2NCCc3ccsc32)cn1. The van der Waals surface area contributed by atoms with E-state index in [9.17, 15) is 0 Å². The van der Waals surface area contributed by atoms with Crippen molar-refractivity contribution >= 4 is 11.3 Å². The van der Waals surface area contributed by atoms with Crippen molar-refractivity contribution < 1.29 is 0 Å². The van der Waals surface area contributed by atoms with Crippen LogP contribution >= 0.6 is 11.3 Å². The van der Waals surface area contributed by atoms with Crippen molar-refractivity contribution in [3.63, 3.8) is 0 Å². The van der Waals surface area contributed by atoms with Gasteiger partial charge in [-0.25, -0.2) is 0 Å². The Kier molecular flexibility index (Phi) is 2.53. The van der Waals surface area contributed by atoms with Crippen molar-refractivity contribution in [1.29, 1.82) is 0 Å². The predicted molar refractivity (Wildman–Crippen MR) is 65.8 cm³/mol. The molecule has 0 fully saturated rings. The number of hydrogen-bond donors (Lipinski definition) is 1. The largest absolute Gasteiger partial charge is 0.305 e. The fourth-order valence-electron chi connectivity index (χ4n) is 2.22. The Balaban J connectivity index is 1.97. The number of thiophene rings is 1. The van der Waals surface area contributed by atoms with E-state index in [0.717, 1.165) is 19.5 Å². The molecule has 3 rings (SSSR count). The predicted octanol–water partition coefficient (Wildman–Crippen LogP) is 2.20. The monoisotopic (exact) mass is 233 g/mol. The maximum atomic E-state index is 4.35. The third kappa shape index (κ3) is 1.58. The van der Waals surface area contributed by atoms with Crippen LogP contribution in [0.4, 0.5) is 0 Å². The molecule has 1 unspecified atom stereocenters. The Labute approximate surface area is 99.1 Å². The zero-order valence-corrected chi connectivity index (χ0v) is 10.1. The minimum absolute atomic E-state index is 0.351. The topological polar surface area (TPSA) is 29.9 Å². The molecule has 0 aromatic carbocycles. The molecule has 1 N–H and O–H groups in total. The third-order valence-electron chi connectivity index (χ3n) is 3.10. The van der Waals surface area contributed by atoms with Gasteiger partial charge in [0, 0.05) is 29.7 Å². The molecule has 3 heterocycles. The van der Waals surface area contributed by atoms with Gasteiger partial charge < -0.3 is 5.32 Å². The highest BCUT2D eigenvalue weighted by molar-refractivity contribution is 7.10. The smallest absolute Gasteiger partial charge is 0.0704 e. The van der Waals surface area contributed by atoms with Crippen LogP contribution in [0, 0.1) is 0 Å². The summed E-state index contributed by atoms with van der Waals surface area (Å²) in [6.45, 7) is 4.11. The first kappa shape index (κ1) is 10.1. The van der Waals surface area contributed by atoms with Gasteiger partial charge in [0.15, 0.2) is 0 Å². The van der Waals surface area contributed by atoms with E-state index in [0.29, 0.717) is 6.04 Å². The number of aryl methyl sites for hydroxylation is 1. The maximum Gasteiger partial charge on any atom is 0.0704 e. The molecule has 1 atom stereocenters. The molecule has 1 aliphatic heterocycles. The standard InChI is InChI=1S/C12H15N3S/c1-2-15-8-10(7-14-15)11-12-9(3-5-13-11)4-6-16-12/h4,6-8,11,13H,2-3,5H2,1H3. The van der Waals surface area contributed by atoms with Crippen molar-refractivity contribution in [3.8, 4) is 0 Å². The van der Waals surface area contributed by atoms with Gasteiger partial charge in [-0.2, -0.15) is 5.10 Å². The summed E-state index contributed by atoms with van der Waals surface area (Å²) < 4.78 is 1.99. The maximum absolute atomic E-state index is 4.35. The summed E-state index contributed by atoms with van der Waals surface area (Å²) in [6.07, 6.45) is 5.28. The molecule has 0 amide bonds. The highest BCUT2D eigenvalue weighted by Crippen LogP contribution is 2.32. The second-order valence-corrected chi connectivity index (χ2v) is 5.02. The van der Waals surface area contributed by atoms with E-state index < -0.39 is 0 Å². The first-order valence-electron chi connectivity index (χ1n) is 5.70. The van der Waals surface area contributed by atoms with Crippen molar-refractivity contribution in [2.75, 3.05) is 6.54 Å². The summed E-state index contributed by atoms with van der Waals surface area (Å²) in [7, 11) is 0. The van der Waals surface area contributed by atoms with Crippen molar-refractivity contribution in [3.05, 3.63) is 39.8 Å². The molecule has 0 saturated carbocycles. The van der Waals surface area contributed by atoms with E-state index in [1.807, 2.05) is 22.2 Å². The molecule has 1 aliphatic rings. The van der Waals surface area contributed by atoms with Crippen LogP contribution in [0.25, 0.3) is 0 Å². The lowest BCUT2D eigenvalue weighted by atomic mass is 10.0. The van der Waals surface area contributed by atoms with E-state index in [1.165, 1.54) is 16.0 Å². The van der Waals surface area contributed by atoms with E-state index in [4.69, 9.17) is 0 Å². The number of nitrogens with zero attached hydrogens (tertiary/aromatic N) is 2. The summed E-state index contributed by atoms with van der Waals surface area (Å²) in [5.41, 5.74) is 2.78. The fraction of sp³-hybridized carbons (Fsp3) is 0.417. The molecular weight excluding hydrogens is 218 g/mol. The molecule has 4 heteroatoms. The molecule has 0 radical (unpaired) electrons. The van der Waals surface area contributed by atoms with Gasteiger partial charge in [-0.15, -0.1) is 11.3 Å².